The van der Waals surface area contributed by atoms with E-state index in [9.17, 15) is 9.59 Å². The van der Waals surface area contributed by atoms with Crippen molar-refractivity contribution in [2.75, 3.05) is 13.2 Å². The highest BCUT2D eigenvalue weighted by Gasteiger charge is 2.19. The standard InChI is InChI=1S/C23H42O4/c1-5-8-11-12-13-14-15-16-17-21(23(25)27-19-10-7-3)20(4)22(24)26-18-9-6-2/h5-19H2,1-4H3. The van der Waals surface area contributed by atoms with Crippen molar-refractivity contribution in [3.05, 3.63) is 11.1 Å². The number of carbonyl (C=O) groups excluding carboxylic acids is 2. The molecule has 0 bridgehead atoms. The summed E-state index contributed by atoms with van der Waals surface area (Å²) in [7, 11) is 0. The lowest BCUT2D eigenvalue weighted by Gasteiger charge is -2.12. The molecule has 158 valence electrons. The molecule has 0 fully saturated rings. The third kappa shape index (κ3) is 13.5. The van der Waals surface area contributed by atoms with E-state index in [1.807, 2.05) is 0 Å². The van der Waals surface area contributed by atoms with Gasteiger partial charge in [-0.25, -0.2) is 9.59 Å². The molecular formula is C23H42O4. The monoisotopic (exact) mass is 382 g/mol. The van der Waals surface area contributed by atoms with Gasteiger partial charge in [-0.2, -0.15) is 0 Å². The Kier molecular flexibility index (Phi) is 17.2. The van der Waals surface area contributed by atoms with E-state index >= 15 is 0 Å². The van der Waals surface area contributed by atoms with Crippen LogP contribution in [0.2, 0.25) is 0 Å². The van der Waals surface area contributed by atoms with E-state index in [0.29, 0.717) is 30.8 Å². The molecule has 0 spiro atoms. The van der Waals surface area contributed by atoms with Crippen LogP contribution in [0.5, 0.6) is 0 Å². The Morgan fingerprint density at radius 3 is 1.56 bits per heavy atom. The quantitative estimate of drug-likeness (QED) is 0.163. The van der Waals surface area contributed by atoms with Crippen LogP contribution >= 0.6 is 0 Å². The van der Waals surface area contributed by atoms with Gasteiger partial charge in [-0.05, 0) is 32.6 Å². The lowest BCUT2D eigenvalue weighted by molar-refractivity contribution is -0.142. The number of hydrogen-bond acceptors (Lipinski definition) is 4. The van der Waals surface area contributed by atoms with E-state index in [4.69, 9.17) is 9.47 Å². The van der Waals surface area contributed by atoms with Gasteiger partial charge in [0.25, 0.3) is 0 Å². The second-order valence-electron chi connectivity index (χ2n) is 7.31. The fraction of sp³-hybridized carbons (Fsp3) is 0.826. The van der Waals surface area contributed by atoms with Crippen molar-refractivity contribution in [3.63, 3.8) is 0 Å². The molecule has 0 amide bonds. The molecule has 0 aromatic heterocycles. The molecule has 0 aliphatic heterocycles. The predicted molar refractivity (Wildman–Crippen MR) is 112 cm³/mol. The van der Waals surface area contributed by atoms with Crippen molar-refractivity contribution in [3.8, 4) is 0 Å². The average molecular weight is 383 g/mol. The highest BCUT2D eigenvalue weighted by atomic mass is 16.5. The summed E-state index contributed by atoms with van der Waals surface area (Å²) in [6.45, 7) is 8.84. The van der Waals surface area contributed by atoms with Gasteiger partial charge in [0.15, 0.2) is 0 Å². The lowest BCUT2D eigenvalue weighted by Crippen LogP contribution is -2.16. The SMILES string of the molecule is CCCCCCCCCCC(C(=O)OCCCC)=C(C)C(=O)OCCCC. The smallest absolute Gasteiger partial charge is 0.334 e. The summed E-state index contributed by atoms with van der Waals surface area (Å²) >= 11 is 0. The van der Waals surface area contributed by atoms with Gasteiger partial charge in [-0.15, -0.1) is 0 Å². The van der Waals surface area contributed by atoms with Gasteiger partial charge in [-0.1, -0.05) is 78.6 Å². The minimum Gasteiger partial charge on any atom is -0.462 e. The maximum atomic E-state index is 12.4. The van der Waals surface area contributed by atoms with E-state index in [1.54, 1.807) is 6.92 Å². The zero-order valence-corrected chi connectivity index (χ0v) is 18.2. The van der Waals surface area contributed by atoms with E-state index in [2.05, 4.69) is 20.8 Å². The lowest BCUT2D eigenvalue weighted by atomic mass is 10.0. The number of hydrogen-bond donors (Lipinski definition) is 0. The van der Waals surface area contributed by atoms with E-state index in [1.165, 1.54) is 38.5 Å². The zero-order valence-electron chi connectivity index (χ0n) is 18.2. The van der Waals surface area contributed by atoms with Gasteiger partial charge in [0.2, 0.25) is 0 Å². The molecule has 0 aromatic rings. The molecule has 0 saturated heterocycles. The maximum absolute atomic E-state index is 12.4. The molecule has 4 heteroatoms. The van der Waals surface area contributed by atoms with Gasteiger partial charge in [0.05, 0.1) is 13.2 Å². The number of esters is 2. The van der Waals surface area contributed by atoms with Crippen LogP contribution in [0.1, 0.15) is 111 Å². The van der Waals surface area contributed by atoms with Crippen LogP contribution < -0.4 is 0 Å². The van der Waals surface area contributed by atoms with Gasteiger partial charge in [0, 0.05) is 11.1 Å². The zero-order chi connectivity index (χ0) is 20.3. The molecular weight excluding hydrogens is 340 g/mol. The number of carbonyl (C=O) groups is 2. The first-order chi connectivity index (χ1) is 13.1. The topological polar surface area (TPSA) is 52.6 Å². The van der Waals surface area contributed by atoms with Crippen LogP contribution in [0.4, 0.5) is 0 Å². The third-order valence-electron chi connectivity index (χ3n) is 4.75. The average Bonchev–Trinajstić information content (AvgIpc) is 2.66. The van der Waals surface area contributed by atoms with Crippen LogP contribution in [0.15, 0.2) is 11.1 Å². The molecule has 27 heavy (non-hydrogen) atoms. The Labute approximate surface area is 167 Å². The normalized spacial score (nSPS) is 11.9. The fourth-order valence-electron chi connectivity index (χ4n) is 2.82. The molecule has 0 atom stereocenters. The summed E-state index contributed by atoms with van der Waals surface area (Å²) in [6, 6.07) is 0. The Morgan fingerprint density at radius 1 is 0.593 bits per heavy atom. The molecule has 4 nitrogen and oxygen atoms in total. The molecule has 0 rings (SSSR count). The first-order valence-electron chi connectivity index (χ1n) is 11.1. The Bertz CT molecular complexity index is 426. The second kappa shape index (κ2) is 18.1. The first-order valence-corrected chi connectivity index (χ1v) is 11.1. The maximum Gasteiger partial charge on any atom is 0.334 e. The largest absolute Gasteiger partial charge is 0.462 e. The highest BCUT2D eigenvalue weighted by Crippen LogP contribution is 2.18. The van der Waals surface area contributed by atoms with Crippen molar-refractivity contribution in [2.45, 2.75) is 111 Å². The van der Waals surface area contributed by atoms with Gasteiger partial charge in [0.1, 0.15) is 0 Å². The van der Waals surface area contributed by atoms with Crippen LogP contribution in [-0.4, -0.2) is 25.2 Å². The molecule has 0 heterocycles. The van der Waals surface area contributed by atoms with Gasteiger partial charge < -0.3 is 9.47 Å². The van der Waals surface area contributed by atoms with Crippen LogP contribution in [-0.2, 0) is 19.1 Å². The predicted octanol–water partition coefficient (Wildman–Crippen LogP) is 6.52. The minimum absolute atomic E-state index is 0.351. The van der Waals surface area contributed by atoms with Crippen LogP contribution in [0.25, 0.3) is 0 Å². The summed E-state index contributed by atoms with van der Waals surface area (Å²) in [6.07, 6.45) is 13.8. The Hall–Kier alpha value is -1.32. The molecule has 0 aromatic carbocycles. The molecule has 0 saturated carbocycles. The Morgan fingerprint density at radius 2 is 1.04 bits per heavy atom. The van der Waals surface area contributed by atoms with Crippen molar-refractivity contribution >= 4 is 11.9 Å². The van der Waals surface area contributed by atoms with E-state index < -0.39 is 0 Å². The number of unbranched alkanes of at least 4 members (excludes halogenated alkanes) is 9. The van der Waals surface area contributed by atoms with E-state index in [0.717, 1.165) is 38.5 Å². The van der Waals surface area contributed by atoms with Crippen LogP contribution in [0.3, 0.4) is 0 Å². The Balaban J connectivity index is 4.57. The van der Waals surface area contributed by atoms with Crippen molar-refractivity contribution in [1.82, 2.24) is 0 Å². The molecule has 0 aliphatic carbocycles. The molecule has 0 unspecified atom stereocenters. The van der Waals surface area contributed by atoms with E-state index in [-0.39, 0.29) is 11.9 Å². The second-order valence-corrected chi connectivity index (χ2v) is 7.31. The molecule has 0 aliphatic rings. The van der Waals surface area contributed by atoms with Crippen molar-refractivity contribution in [1.29, 1.82) is 0 Å². The van der Waals surface area contributed by atoms with Crippen molar-refractivity contribution < 1.29 is 19.1 Å². The number of ether oxygens (including phenoxy) is 2. The summed E-state index contributed by atoms with van der Waals surface area (Å²) in [5.41, 5.74) is 0.911. The summed E-state index contributed by atoms with van der Waals surface area (Å²) in [5, 5.41) is 0. The molecule has 0 radical (unpaired) electrons. The van der Waals surface area contributed by atoms with Gasteiger partial charge in [-0.3, -0.25) is 0 Å². The van der Waals surface area contributed by atoms with Gasteiger partial charge >= 0.3 is 11.9 Å². The fourth-order valence-corrected chi connectivity index (χ4v) is 2.82. The highest BCUT2D eigenvalue weighted by molar-refractivity contribution is 5.99. The van der Waals surface area contributed by atoms with Crippen molar-refractivity contribution in [2.24, 2.45) is 0 Å². The summed E-state index contributed by atoms with van der Waals surface area (Å²) in [4.78, 5) is 24.7. The van der Waals surface area contributed by atoms with Crippen LogP contribution in [0, 0.1) is 0 Å². The first kappa shape index (κ1) is 25.7. The minimum atomic E-state index is -0.384. The summed E-state index contributed by atoms with van der Waals surface area (Å²) < 4.78 is 10.6. The third-order valence-corrected chi connectivity index (χ3v) is 4.75. The molecule has 0 N–H and O–H groups in total. The summed E-state index contributed by atoms with van der Waals surface area (Å²) in [5.74, 6) is -0.734. The number of rotatable bonds is 17.